The number of hydrogen-bond donors (Lipinski definition) is 1. The van der Waals surface area contributed by atoms with Crippen LogP contribution >= 0.6 is 11.8 Å². The van der Waals surface area contributed by atoms with E-state index in [0.29, 0.717) is 4.75 Å². The quantitative estimate of drug-likeness (QED) is 0.904. The maximum absolute atomic E-state index is 4.13. The van der Waals surface area contributed by atoms with E-state index in [2.05, 4.69) is 48.5 Å². The number of aromatic nitrogens is 4. The highest BCUT2D eigenvalue weighted by atomic mass is 32.2. The van der Waals surface area contributed by atoms with Gasteiger partial charge in [-0.3, -0.25) is 0 Å². The molecular weight excluding hydrogens is 246 g/mol. The van der Waals surface area contributed by atoms with Crippen molar-refractivity contribution < 1.29 is 0 Å². The Hall–Kier alpha value is -0.620. The monoisotopic (exact) mass is 269 g/mol. The summed E-state index contributed by atoms with van der Waals surface area (Å²) in [6.07, 6.45) is 2.56. The topological polar surface area (TPSA) is 55.6 Å². The largest absolute Gasteiger partial charge is 0.305 e. The first kappa shape index (κ1) is 13.8. The Bertz CT molecular complexity index is 389. The molecule has 1 atom stereocenters. The molecule has 1 saturated heterocycles. The average Bonchev–Trinajstić information content (AvgIpc) is 2.84. The van der Waals surface area contributed by atoms with Gasteiger partial charge in [0, 0.05) is 10.3 Å². The molecular formula is C12H23N5S. The second-order valence-corrected chi connectivity index (χ2v) is 7.94. The Morgan fingerprint density at radius 2 is 2.22 bits per heavy atom. The number of nitrogens with zero attached hydrogens (tertiary/aromatic N) is 4. The van der Waals surface area contributed by atoms with E-state index in [-0.39, 0.29) is 5.54 Å². The van der Waals surface area contributed by atoms with Gasteiger partial charge in [0.1, 0.15) is 0 Å². The van der Waals surface area contributed by atoms with E-state index in [4.69, 9.17) is 0 Å². The molecule has 1 aliphatic rings. The van der Waals surface area contributed by atoms with Crippen molar-refractivity contribution in [2.24, 2.45) is 0 Å². The van der Waals surface area contributed by atoms with Crippen molar-refractivity contribution in [3.05, 3.63) is 5.82 Å². The highest BCUT2D eigenvalue weighted by Crippen LogP contribution is 2.38. The first-order chi connectivity index (χ1) is 8.38. The second kappa shape index (κ2) is 5.17. The summed E-state index contributed by atoms with van der Waals surface area (Å²) in [5.74, 6) is 2.19. The molecule has 2 heterocycles. The minimum Gasteiger partial charge on any atom is -0.305 e. The molecule has 5 nitrogen and oxygen atoms in total. The van der Waals surface area contributed by atoms with E-state index in [9.17, 15) is 0 Å². The Balaban J connectivity index is 1.99. The van der Waals surface area contributed by atoms with Crippen LogP contribution in [-0.4, -0.2) is 36.2 Å². The molecule has 0 aliphatic carbocycles. The molecule has 6 heteroatoms. The zero-order valence-electron chi connectivity index (χ0n) is 11.7. The Morgan fingerprint density at radius 3 is 2.83 bits per heavy atom. The number of thioether (sulfide) groups is 1. The van der Waals surface area contributed by atoms with Crippen molar-refractivity contribution in [1.29, 1.82) is 0 Å². The molecule has 1 aromatic heterocycles. The molecule has 102 valence electrons. The predicted molar refractivity (Wildman–Crippen MR) is 74.5 cm³/mol. The molecule has 0 spiro atoms. The molecule has 1 aliphatic heterocycles. The lowest BCUT2D eigenvalue weighted by Gasteiger charge is -2.24. The third-order valence-electron chi connectivity index (χ3n) is 3.17. The summed E-state index contributed by atoms with van der Waals surface area (Å²) >= 11 is 2.04. The summed E-state index contributed by atoms with van der Waals surface area (Å²) in [7, 11) is 0. The van der Waals surface area contributed by atoms with Crippen LogP contribution < -0.4 is 5.32 Å². The summed E-state index contributed by atoms with van der Waals surface area (Å²) in [6.45, 7) is 10.4. The Labute approximate surface area is 113 Å². The van der Waals surface area contributed by atoms with E-state index in [1.807, 2.05) is 16.4 Å². The Kier molecular flexibility index (Phi) is 3.96. The van der Waals surface area contributed by atoms with Gasteiger partial charge >= 0.3 is 0 Å². The van der Waals surface area contributed by atoms with Gasteiger partial charge in [0.2, 0.25) is 0 Å². The molecule has 1 aromatic rings. The number of hydrogen-bond acceptors (Lipinski definition) is 5. The number of nitrogens with one attached hydrogen (secondary N) is 1. The molecule has 0 aromatic carbocycles. The fourth-order valence-electron chi connectivity index (χ4n) is 2.10. The molecule has 1 N–H and O–H groups in total. The van der Waals surface area contributed by atoms with Gasteiger partial charge < -0.3 is 5.32 Å². The van der Waals surface area contributed by atoms with Gasteiger partial charge in [-0.05, 0) is 56.7 Å². The van der Waals surface area contributed by atoms with Crippen molar-refractivity contribution in [1.82, 2.24) is 25.5 Å². The predicted octanol–water partition coefficient (Wildman–Crippen LogP) is 1.85. The number of tetrazole rings is 1. The van der Waals surface area contributed by atoms with E-state index in [0.717, 1.165) is 18.9 Å². The van der Waals surface area contributed by atoms with Crippen LogP contribution in [0.2, 0.25) is 0 Å². The molecule has 0 radical (unpaired) electrons. The van der Waals surface area contributed by atoms with Crippen molar-refractivity contribution >= 4 is 11.8 Å². The van der Waals surface area contributed by atoms with Gasteiger partial charge in [0.05, 0.1) is 13.1 Å². The fraction of sp³-hybridized carbons (Fsp3) is 0.917. The second-order valence-electron chi connectivity index (χ2n) is 6.26. The van der Waals surface area contributed by atoms with Gasteiger partial charge in [0.25, 0.3) is 0 Å². The van der Waals surface area contributed by atoms with Crippen LogP contribution in [0, 0.1) is 0 Å². The zero-order chi connectivity index (χ0) is 13.2. The molecule has 1 fully saturated rings. The molecule has 2 rings (SSSR count). The highest BCUT2D eigenvalue weighted by molar-refractivity contribution is 8.00. The smallest absolute Gasteiger partial charge is 0.165 e. The van der Waals surface area contributed by atoms with Crippen molar-refractivity contribution in [3.63, 3.8) is 0 Å². The van der Waals surface area contributed by atoms with Crippen molar-refractivity contribution in [2.45, 2.75) is 63.9 Å². The SMILES string of the molecule is CC(C)(C)NCc1nnnn1CC1(C)CCCS1. The summed E-state index contributed by atoms with van der Waals surface area (Å²) < 4.78 is 2.25. The first-order valence-corrected chi connectivity index (χ1v) is 7.51. The summed E-state index contributed by atoms with van der Waals surface area (Å²) in [6, 6.07) is 0. The maximum atomic E-state index is 4.13. The van der Waals surface area contributed by atoms with Crippen LogP contribution in [-0.2, 0) is 13.1 Å². The van der Waals surface area contributed by atoms with E-state index in [1.54, 1.807) is 0 Å². The lowest BCUT2D eigenvalue weighted by Crippen LogP contribution is -2.36. The highest BCUT2D eigenvalue weighted by Gasteiger charge is 2.31. The third kappa shape index (κ3) is 3.68. The van der Waals surface area contributed by atoms with Crippen LogP contribution in [0.15, 0.2) is 0 Å². The minimum atomic E-state index is 0.0861. The van der Waals surface area contributed by atoms with Crippen LogP contribution in [0.3, 0.4) is 0 Å². The van der Waals surface area contributed by atoms with Gasteiger partial charge in [-0.1, -0.05) is 0 Å². The van der Waals surface area contributed by atoms with E-state index in [1.165, 1.54) is 18.6 Å². The van der Waals surface area contributed by atoms with Gasteiger partial charge in [0.15, 0.2) is 5.82 Å². The fourth-order valence-corrected chi connectivity index (χ4v) is 3.38. The molecule has 18 heavy (non-hydrogen) atoms. The zero-order valence-corrected chi connectivity index (χ0v) is 12.5. The third-order valence-corrected chi connectivity index (χ3v) is 4.69. The van der Waals surface area contributed by atoms with Crippen LogP contribution in [0.1, 0.15) is 46.4 Å². The van der Waals surface area contributed by atoms with Crippen molar-refractivity contribution in [3.8, 4) is 0 Å². The van der Waals surface area contributed by atoms with E-state index < -0.39 is 0 Å². The number of rotatable bonds is 4. The molecule has 0 saturated carbocycles. The first-order valence-electron chi connectivity index (χ1n) is 6.52. The maximum Gasteiger partial charge on any atom is 0.165 e. The van der Waals surface area contributed by atoms with Crippen molar-refractivity contribution in [2.75, 3.05) is 5.75 Å². The van der Waals surface area contributed by atoms with Gasteiger partial charge in [-0.2, -0.15) is 11.8 Å². The average molecular weight is 269 g/mol. The normalized spacial score (nSPS) is 24.7. The van der Waals surface area contributed by atoms with Crippen LogP contribution in [0.25, 0.3) is 0 Å². The van der Waals surface area contributed by atoms with Crippen LogP contribution in [0.5, 0.6) is 0 Å². The molecule has 0 bridgehead atoms. The lowest BCUT2D eigenvalue weighted by atomic mass is 10.1. The van der Waals surface area contributed by atoms with Gasteiger partial charge in [-0.15, -0.1) is 5.10 Å². The van der Waals surface area contributed by atoms with E-state index >= 15 is 0 Å². The summed E-state index contributed by atoms with van der Waals surface area (Å²) in [4.78, 5) is 0. The summed E-state index contributed by atoms with van der Waals surface area (Å²) in [5.41, 5.74) is 0.0861. The molecule has 1 unspecified atom stereocenters. The summed E-state index contributed by atoms with van der Waals surface area (Å²) in [5, 5.41) is 15.5. The minimum absolute atomic E-state index is 0.0861. The van der Waals surface area contributed by atoms with Crippen LogP contribution in [0.4, 0.5) is 0 Å². The lowest BCUT2D eigenvalue weighted by molar-refractivity contribution is 0.396. The standard InChI is InChI=1S/C12H23N5S/c1-11(2,3)13-8-10-14-15-16-17(10)9-12(4)6-5-7-18-12/h13H,5-9H2,1-4H3. The Morgan fingerprint density at radius 1 is 1.44 bits per heavy atom. The van der Waals surface area contributed by atoms with Gasteiger partial charge in [-0.25, -0.2) is 4.68 Å². The molecule has 0 amide bonds.